The Bertz CT molecular complexity index is 1200. The van der Waals surface area contributed by atoms with Gasteiger partial charge in [-0.25, -0.2) is 4.79 Å². The predicted molar refractivity (Wildman–Crippen MR) is 116 cm³/mol. The van der Waals surface area contributed by atoms with Crippen molar-refractivity contribution in [1.29, 1.82) is 0 Å². The highest BCUT2D eigenvalue weighted by Crippen LogP contribution is 2.51. The summed E-state index contributed by atoms with van der Waals surface area (Å²) in [6, 6.07) is 2.53. The number of esters is 1. The van der Waals surface area contributed by atoms with Crippen LogP contribution < -0.4 is 5.73 Å². The van der Waals surface area contributed by atoms with Gasteiger partial charge in [-0.1, -0.05) is 13.3 Å². The molecule has 3 aliphatic carbocycles. The van der Waals surface area contributed by atoms with E-state index in [1.807, 2.05) is 6.92 Å². The van der Waals surface area contributed by atoms with Crippen LogP contribution in [0.25, 0.3) is 0 Å². The largest absolute Gasteiger partial charge is 0.511 e. The molecule has 4 rings (SSSR count). The van der Waals surface area contributed by atoms with E-state index < -0.39 is 63.7 Å². The number of ether oxygens (including phenoxy) is 1. The second-order valence-electron chi connectivity index (χ2n) is 8.89. The molecule has 3 aliphatic rings. The van der Waals surface area contributed by atoms with Crippen molar-refractivity contribution in [3.8, 4) is 5.75 Å². The van der Waals surface area contributed by atoms with Gasteiger partial charge >= 0.3 is 5.97 Å². The number of aliphatic hydroxyl groups is 3. The van der Waals surface area contributed by atoms with E-state index in [1.54, 1.807) is 0 Å². The number of benzene rings is 1. The molecule has 1 aromatic rings. The van der Waals surface area contributed by atoms with E-state index in [0.717, 1.165) is 6.42 Å². The molecule has 1 aromatic carbocycles. The summed E-state index contributed by atoms with van der Waals surface area (Å²) in [5.74, 6) is -7.76. The third kappa shape index (κ3) is 3.28. The van der Waals surface area contributed by atoms with Crippen molar-refractivity contribution in [3.63, 3.8) is 0 Å². The molecule has 0 spiro atoms. The van der Waals surface area contributed by atoms with Gasteiger partial charge in [-0.3, -0.25) is 14.4 Å². The smallest absolute Gasteiger partial charge is 0.338 e. The molecule has 1 amide bonds. The number of nitrogens with two attached hydrogens (primary N) is 1. The van der Waals surface area contributed by atoms with Crippen LogP contribution in [0.15, 0.2) is 34.8 Å². The van der Waals surface area contributed by atoms with Crippen LogP contribution in [-0.2, 0) is 20.7 Å². The minimum Gasteiger partial charge on any atom is -0.511 e. The molecule has 0 aromatic heterocycles. The normalized spacial score (nSPS) is 26.1. The number of aromatic hydroxyl groups is 1. The van der Waals surface area contributed by atoms with Crippen molar-refractivity contribution in [2.75, 3.05) is 6.61 Å². The van der Waals surface area contributed by atoms with E-state index in [9.17, 15) is 39.6 Å². The molecule has 0 radical (unpaired) electrons. The second kappa shape index (κ2) is 8.28. The number of amides is 1. The molecule has 34 heavy (non-hydrogen) atoms. The van der Waals surface area contributed by atoms with Crippen molar-refractivity contribution >= 4 is 23.4 Å². The number of phenols is 1. The summed E-state index contributed by atoms with van der Waals surface area (Å²) in [5, 5.41) is 42.8. The zero-order valence-corrected chi connectivity index (χ0v) is 18.5. The minimum absolute atomic E-state index is 0.0110. The molecule has 0 aliphatic heterocycles. The average Bonchev–Trinajstić information content (AvgIpc) is 2.76. The Labute approximate surface area is 194 Å². The Kier molecular flexibility index (Phi) is 5.72. The highest BCUT2D eigenvalue weighted by atomic mass is 16.5. The Morgan fingerprint density at radius 2 is 1.88 bits per heavy atom. The van der Waals surface area contributed by atoms with Gasteiger partial charge in [0.25, 0.3) is 5.91 Å². The first-order valence-corrected chi connectivity index (χ1v) is 11.0. The summed E-state index contributed by atoms with van der Waals surface area (Å²) in [7, 11) is 0. The fraction of sp³-hybridized carbons (Fsp3) is 0.417. The summed E-state index contributed by atoms with van der Waals surface area (Å²) in [6.07, 6.45) is 1.19. The number of primary amides is 1. The quantitative estimate of drug-likeness (QED) is 0.241. The summed E-state index contributed by atoms with van der Waals surface area (Å²) < 4.78 is 5.27. The lowest BCUT2D eigenvalue weighted by molar-refractivity contribution is -0.144. The average molecular weight is 471 g/mol. The van der Waals surface area contributed by atoms with Crippen molar-refractivity contribution in [3.05, 3.63) is 51.5 Å². The SMILES string of the molecule is CCCCOC(=O)c1ccc(O)c2c1C[C@H]1C[C@H]3CC(O)=C(C(N)=O)C(=O)[C@@]3(O)C(O)=C1C2=O. The van der Waals surface area contributed by atoms with E-state index in [0.29, 0.717) is 6.42 Å². The van der Waals surface area contributed by atoms with E-state index in [-0.39, 0.29) is 48.1 Å². The number of Topliss-reactive ketones (excluding diaryl/α,β-unsaturated/α-hetero) is 2. The number of carbonyl (C=O) groups excluding carboxylic acids is 4. The van der Waals surface area contributed by atoms with Crippen LogP contribution in [0.1, 0.15) is 58.9 Å². The molecule has 0 heterocycles. The van der Waals surface area contributed by atoms with Crippen LogP contribution in [-0.4, -0.2) is 56.1 Å². The zero-order chi connectivity index (χ0) is 24.9. The number of phenolic OH excluding ortho intramolecular Hbond substituents is 1. The standard InChI is InChI=1S/C24H25NO9/c1-2-3-6-34-23(32)12-4-5-14(26)17-13(12)8-10-7-11-9-15(27)18(22(25)31)21(30)24(11,33)20(29)16(10)19(17)28/h4-5,10-11,26-27,29,33H,2-3,6-9H2,1H3,(H2,25,31)/t10-,11+,24+/m1/s1. The summed E-state index contributed by atoms with van der Waals surface area (Å²) in [4.78, 5) is 50.7. The summed E-state index contributed by atoms with van der Waals surface area (Å²) >= 11 is 0. The van der Waals surface area contributed by atoms with Crippen molar-refractivity contribution in [2.24, 2.45) is 17.6 Å². The second-order valence-corrected chi connectivity index (χ2v) is 8.89. The van der Waals surface area contributed by atoms with E-state index in [2.05, 4.69) is 0 Å². The Morgan fingerprint density at radius 3 is 2.53 bits per heavy atom. The molecule has 0 unspecified atom stereocenters. The van der Waals surface area contributed by atoms with Crippen molar-refractivity contribution in [1.82, 2.24) is 0 Å². The Balaban J connectivity index is 1.82. The van der Waals surface area contributed by atoms with Gasteiger partial charge in [0.2, 0.25) is 5.78 Å². The number of carbonyl (C=O) groups is 4. The van der Waals surface area contributed by atoms with E-state index >= 15 is 0 Å². The molecule has 0 saturated heterocycles. The molecule has 10 nitrogen and oxygen atoms in total. The number of fused-ring (bicyclic) bond motifs is 3. The first kappa shape index (κ1) is 23.5. The lowest BCUT2D eigenvalue weighted by Crippen LogP contribution is -2.57. The third-order valence-electron chi connectivity index (χ3n) is 6.90. The first-order chi connectivity index (χ1) is 16.0. The van der Waals surface area contributed by atoms with Crippen LogP contribution >= 0.6 is 0 Å². The van der Waals surface area contributed by atoms with Gasteiger partial charge in [-0.15, -0.1) is 0 Å². The molecule has 10 heteroatoms. The Hall–Kier alpha value is -3.66. The molecule has 0 fully saturated rings. The number of unbranched alkanes of at least 4 members (excludes halogenated alkanes) is 1. The van der Waals surface area contributed by atoms with Gasteiger partial charge in [0.05, 0.1) is 17.7 Å². The molecule has 6 N–H and O–H groups in total. The van der Waals surface area contributed by atoms with Gasteiger partial charge in [0, 0.05) is 17.9 Å². The third-order valence-corrected chi connectivity index (χ3v) is 6.90. The van der Waals surface area contributed by atoms with Crippen LogP contribution in [0, 0.1) is 11.8 Å². The number of ketones is 2. The number of hydrogen-bond donors (Lipinski definition) is 5. The number of allylic oxidation sites excluding steroid dienone is 2. The van der Waals surface area contributed by atoms with E-state index in [1.165, 1.54) is 12.1 Å². The lowest BCUT2D eigenvalue weighted by Gasteiger charge is -2.45. The highest BCUT2D eigenvalue weighted by Gasteiger charge is 2.59. The van der Waals surface area contributed by atoms with Crippen LogP contribution in [0.5, 0.6) is 5.75 Å². The van der Waals surface area contributed by atoms with Gasteiger partial charge in [0.15, 0.2) is 11.4 Å². The number of aliphatic hydroxyl groups excluding tert-OH is 2. The number of rotatable bonds is 5. The van der Waals surface area contributed by atoms with Crippen molar-refractivity contribution in [2.45, 2.75) is 44.6 Å². The van der Waals surface area contributed by atoms with Crippen LogP contribution in [0.2, 0.25) is 0 Å². The number of hydrogen-bond acceptors (Lipinski definition) is 9. The maximum Gasteiger partial charge on any atom is 0.338 e. The summed E-state index contributed by atoms with van der Waals surface area (Å²) in [6.45, 7) is 2.13. The maximum absolute atomic E-state index is 13.4. The van der Waals surface area contributed by atoms with Gasteiger partial charge < -0.3 is 30.9 Å². The molecule has 3 atom stereocenters. The monoisotopic (exact) mass is 471 g/mol. The van der Waals surface area contributed by atoms with Crippen molar-refractivity contribution < 1.29 is 44.3 Å². The molecular formula is C24H25NO9. The lowest BCUT2D eigenvalue weighted by atomic mass is 9.60. The molecule has 0 bridgehead atoms. The fourth-order valence-corrected chi connectivity index (χ4v) is 5.20. The predicted octanol–water partition coefficient (Wildman–Crippen LogP) is 1.54. The summed E-state index contributed by atoms with van der Waals surface area (Å²) in [5.41, 5.74) is 1.58. The van der Waals surface area contributed by atoms with Crippen LogP contribution in [0.4, 0.5) is 0 Å². The molecular weight excluding hydrogens is 446 g/mol. The Morgan fingerprint density at radius 1 is 1.18 bits per heavy atom. The molecule has 0 saturated carbocycles. The highest BCUT2D eigenvalue weighted by molar-refractivity contribution is 6.24. The fourth-order valence-electron chi connectivity index (χ4n) is 5.20. The molecule has 180 valence electrons. The van der Waals surface area contributed by atoms with Gasteiger partial charge in [-0.05, 0) is 42.9 Å². The topological polar surface area (TPSA) is 184 Å². The van der Waals surface area contributed by atoms with Gasteiger partial charge in [-0.2, -0.15) is 0 Å². The zero-order valence-electron chi connectivity index (χ0n) is 18.5. The van der Waals surface area contributed by atoms with Crippen LogP contribution in [0.3, 0.4) is 0 Å². The van der Waals surface area contributed by atoms with Gasteiger partial charge in [0.1, 0.15) is 22.8 Å². The van der Waals surface area contributed by atoms with E-state index in [4.69, 9.17) is 10.5 Å². The minimum atomic E-state index is -2.62. The maximum atomic E-state index is 13.4. The first-order valence-electron chi connectivity index (χ1n) is 11.0.